The van der Waals surface area contributed by atoms with E-state index in [4.69, 9.17) is 0 Å². The molecule has 3 saturated heterocycles. The number of imide groups is 1. The zero-order chi connectivity index (χ0) is 18.9. The van der Waals surface area contributed by atoms with Crippen LogP contribution in [0.15, 0.2) is 18.3 Å². The third-order valence-electron chi connectivity index (χ3n) is 6.28. The molecule has 1 aromatic heterocycles. The first-order chi connectivity index (χ1) is 13.0. The van der Waals surface area contributed by atoms with Crippen molar-refractivity contribution in [3.63, 3.8) is 0 Å². The first-order valence-corrected chi connectivity index (χ1v) is 9.99. The molecule has 1 unspecified atom stereocenters. The van der Waals surface area contributed by atoms with Crippen LogP contribution in [-0.2, 0) is 16.1 Å². The SMILES string of the molecule is CN1CCN(Cc2ccc(N3CCC4(CCCC(=O)NC4=O)C3)nc2)CC1. The van der Waals surface area contributed by atoms with Crippen LogP contribution in [0.2, 0.25) is 0 Å². The number of likely N-dealkylation sites (N-methyl/N-ethyl adjacent to an activating group) is 1. The lowest BCUT2D eigenvalue weighted by Crippen LogP contribution is -2.43. The van der Waals surface area contributed by atoms with Gasteiger partial charge in [-0.1, -0.05) is 6.07 Å². The number of aromatic nitrogens is 1. The predicted octanol–water partition coefficient (Wildman–Crippen LogP) is 0.852. The second-order valence-electron chi connectivity index (χ2n) is 8.29. The number of nitrogens with zero attached hydrogens (tertiary/aromatic N) is 4. The lowest BCUT2D eigenvalue weighted by molar-refractivity contribution is -0.134. The summed E-state index contributed by atoms with van der Waals surface area (Å²) in [6.07, 6.45) is 4.77. The van der Waals surface area contributed by atoms with Gasteiger partial charge in [0.1, 0.15) is 5.82 Å². The molecule has 1 aromatic rings. The molecule has 3 fully saturated rings. The molecule has 3 aliphatic rings. The molecule has 3 aliphatic heterocycles. The fourth-order valence-electron chi connectivity index (χ4n) is 4.44. The van der Waals surface area contributed by atoms with Crippen molar-refractivity contribution in [3.05, 3.63) is 23.9 Å². The van der Waals surface area contributed by atoms with Gasteiger partial charge >= 0.3 is 0 Å². The number of carbonyl (C=O) groups excluding carboxylic acids is 2. The monoisotopic (exact) mass is 371 g/mol. The molecule has 1 N–H and O–H groups in total. The van der Waals surface area contributed by atoms with E-state index in [-0.39, 0.29) is 11.8 Å². The Morgan fingerprint density at radius 3 is 2.67 bits per heavy atom. The van der Waals surface area contributed by atoms with Crippen molar-refractivity contribution >= 4 is 17.6 Å². The van der Waals surface area contributed by atoms with E-state index in [1.54, 1.807) is 0 Å². The van der Waals surface area contributed by atoms with E-state index in [1.165, 1.54) is 5.56 Å². The average Bonchev–Trinajstić information content (AvgIpc) is 3.04. The molecule has 0 aliphatic carbocycles. The molecule has 0 saturated carbocycles. The molecule has 1 spiro atoms. The Hall–Kier alpha value is -1.99. The summed E-state index contributed by atoms with van der Waals surface area (Å²) in [5.74, 6) is 0.693. The lowest BCUT2D eigenvalue weighted by atomic mass is 9.82. The molecule has 1 atom stereocenters. The lowest BCUT2D eigenvalue weighted by Gasteiger charge is -2.32. The van der Waals surface area contributed by atoms with E-state index < -0.39 is 5.41 Å². The van der Waals surface area contributed by atoms with E-state index in [0.717, 1.165) is 64.3 Å². The fourth-order valence-corrected chi connectivity index (χ4v) is 4.44. The van der Waals surface area contributed by atoms with Gasteiger partial charge in [0.05, 0.1) is 5.41 Å². The molecule has 27 heavy (non-hydrogen) atoms. The van der Waals surface area contributed by atoms with Gasteiger partial charge < -0.3 is 9.80 Å². The highest BCUT2D eigenvalue weighted by atomic mass is 16.2. The van der Waals surface area contributed by atoms with Crippen LogP contribution in [0.4, 0.5) is 5.82 Å². The summed E-state index contributed by atoms with van der Waals surface area (Å²) < 4.78 is 0. The second-order valence-corrected chi connectivity index (χ2v) is 8.29. The zero-order valence-electron chi connectivity index (χ0n) is 16.1. The molecule has 146 valence electrons. The Morgan fingerprint density at radius 1 is 1.11 bits per heavy atom. The summed E-state index contributed by atoms with van der Waals surface area (Å²) in [6.45, 7) is 6.83. The topological polar surface area (TPSA) is 68.8 Å². The van der Waals surface area contributed by atoms with Crippen molar-refractivity contribution in [2.24, 2.45) is 5.41 Å². The molecule has 0 radical (unpaired) electrons. The second kappa shape index (κ2) is 7.56. The molecule has 4 heterocycles. The van der Waals surface area contributed by atoms with Crippen molar-refractivity contribution in [1.82, 2.24) is 20.1 Å². The molecule has 7 nitrogen and oxygen atoms in total. The minimum Gasteiger partial charge on any atom is -0.356 e. The maximum atomic E-state index is 12.5. The van der Waals surface area contributed by atoms with Crippen molar-refractivity contribution in [2.45, 2.75) is 32.2 Å². The minimum absolute atomic E-state index is 0.0980. The molecule has 0 bridgehead atoms. The number of nitrogens with one attached hydrogen (secondary N) is 1. The number of hydrogen-bond acceptors (Lipinski definition) is 6. The summed E-state index contributed by atoms with van der Waals surface area (Å²) in [5, 5.41) is 2.57. The largest absolute Gasteiger partial charge is 0.356 e. The summed E-state index contributed by atoms with van der Waals surface area (Å²) >= 11 is 0. The molecule has 4 rings (SSSR count). The highest BCUT2D eigenvalue weighted by Gasteiger charge is 2.46. The predicted molar refractivity (Wildman–Crippen MR) is 103 cm³/mol. The molecule has 0 aromatic carbocycles. The minimum atomic E-state index is -0.438. The Balaban J connectivity index is 1.38. The van der Waals surface area contributed by atoms with Gasteiger partial charge in [-0.25, -0.2) is 4.98 Å². The molecular weight excluding hydrogens is 342 g/mol. The quantitative estimate of drug-likeness (QED) is 0.795. The fraction of sp³-hybridized carbons (Fsp3) is 0.650. The van der Waals surface area contributed by atoms with Crippen LogP contribution in [0.3, 0.4) is 0 Å². The maximum absolute atomic E-state index is 12.5. The van der Waals surface area contributed by atoms with Gasteiger partial charge in [0.15, 0.2) is 0 Å². The van der Waals surface area contributed by atoms with Crippen LogP contribution < -0.4 is 10.2 Å². The standard InChI is InChI=1S/C20H29N5O2/c1-23-9-11-24(12-10-23)14-16-4-5-17(21-13-16)25-8-7-20(15-25)6-2-3-18(26)22-19(20)27/h4-5,13H,2-3,6-12,14-15H2,1H3,(H,22,26,27). The van der Waals surface area contributed by atoms with E-state index in [2.05, 4.69) is 44.2 Å². The zero-order valence-corrected chi connectivity index (χ0v) is 16.1. The number of piperazine rings is 1. The first-order valence-electron chi connectivity index (χ1n) is 9.99. The third-order valence-corrected chi connectivity index (χ3v) is 6.28. The van der Waals surface area contributed by atoms with Crippen LogP contribution in [0.1, 0.15) is 31.2 Å². The van der Waals surface area contributed by atoms with Crippen LogP contribution >= 0.6 is 0 Å². The highest BCUT2D eigenvalue weighted by Crippen LogP contribution is 2.38. The van der Waals surface area contributed by atoms with Gasteiger partial charge in [0.2, 0.25) is 11.8 Å². The molecule has 2 amide bonds. The van der Waals surface area contributed by atoms with Gasteiger partial charge in [-0.05, 0) is 37.9 Å². The van der Waals surface area contributed by atoms with Gasteiger partial charge in [-0.3, -0.25) is 19.8 Å². The van der Waals surface area contributed by atoms with Crippen LogP contribution in [0.25, 0.3) is 0 Å². The molecular formula is C20H29N5O2. The number of pyridine rings is 1. The van der Waals surface area contributed by atoms with Gasteiger partial charge in [-0.15, -0.1) is 0 Å². The Labute approximate surface area is 160 Å². The van der Waals surface area contributed by atoms with Crippen molar-refractivity contribution < 1.29 is 9.59 Å². The summed E-state index contributed by atoms with van der Waals surface area (Å²) in [6, 6.07) is 4.23. The third kappa shape index (κ3) is 3.99. The number of rotatable bonds is 3. The van der Waals surface area contributed by atoms with Crippen LogP contribution in [0.5, 0.6) is 0 Å². The van der Waals surface area contributed by atoms with Crippen LogP contribution in [-0.4, -0.2) is 72.9 Å². The first kappa shape index (κ1) is 18.4. The van der Waals surface area contributed by atoms with E-state index in [0.29, 0.717) is 13.0 Å². The maximum Gasteiger partial charge on any atom is 0.234 e. The number of amides is 2. The summed E-state index contributed by atoms with van der Waals surface area (Å²) in [5.41, 5.74) is 0.793. The van der Waals surface area contributed by atoms with Gasteiger partial charge in [0, 0.05) is 58.4 Å². The van der Waals surface area contributed by atoms with E-state index in [9.17, 15) is 9.59 Å². The Morgan fingerprint density at radius 2 is 1.93 bits per heavy atom. The summed E-state index contributed by atoms with van der Waals surface area (Å²) in [4.78, 5) is 35.9. The van der Waals surface area contributed by atoms with Gasteiger partial charge in [0.25, 0.3) is 0 Å². The average molecular weight is 371 g/mol. The van der Waals surface area contributed by atoms with Crippen molar-refractivity contribution in [2.75, 3.05) is 51.2 Å². The van der Waals surface area contributed by atoms with Crippen molar-refractivity contribution in [3.8, 4) is 0 Å². The smallest absolute Gasteiger partial charge is 0.234 e. The highest BCUT2D eigenvalue weighted by molar-refractivity contribution is 5.99. The Kier molecular flexibility index (Phi) is 5.14. The molecule has 7 heteroatoms. The number of carbonyl (C=O) groups is 2. The van der Waals surface area contributed by atoms with E-state index in [1.807, 2.05) is 6.20 Å². The van der Waals surface area contributed by atoms with Crippen molar-refractivity contribution in [1.29, 1.82) is 0 Å². The van der Waals surface area contributed by atoms with Crippen LogP contribution in [0, 0.1) is 5.41 Å². The number of hydrogen-bond donors (Lipinski definition) is 1. The summed E-state index contributed by atoms with van der Waals surface area (Å²) in [7, 11) is 2.17. The number of anilines is 1. The normalized spacial score (nSPS) is 27.8. The van der Waals surface area contributed by atoms with E-state index >= 15 is 0 Å². The Bertz CT molecular complexity index is 699. The van der Waals surface area contributed by atoms with Gasteiger partial charge in [-0.2, -0.15) is 0 Å².